The number of ether oxygens (including phenoxy) is 1. The maximum atomic E-state index is 13.5. The molecule has 2 rings (SSSR count). The van der Waals surface area contributed by atoms with Gasteiger partial charge in [-0.3, -0.25) is 13.9 Å². The molecule has 180 valence electrons. The summed E-state index contributed by atoms with van der Waals surface area (Å²) in [4.78, 5) is 27.5. The van der Waals surface area contributed by atoms with Gasteiger partial charge in [-0.2, -0.15) is 0 Å². The molecular weight excluding hydrogens is 466 g/mol. The van der Waals surface area contributed by atoms with Crippen molar-refractivity contribution in [2.75, 3.05) is 31.3 Å². The number of nitrogens with zero attached hydrogens (tertiary/aromatic N) is 2. The monoisotopic (exact) mass is 495 g/mol. The third-order valence-corrected chi connectivity index (χ3v) is 6.77. The van der Waals surface area contributed by atoms with E-state index in [2.05, 4.69) is 5.32 Å². The number of halogens is 1. The normalized spacial score (nSPS) is 12.1. The Hall–Kier alpha value is -2.78. The van der Waals surface area contributed by atoms with Crippen molar-refractivity contribution in [3.63, 3.8) is 0 Å². The van der Waals surface area contributed by atoms with Gasteiger partial charge in [0, 0.05) is 13.6 Å². The number of benzene rings is 2. The molecule has 2 aromatic carbocycles. The van der Waals surface area contributed by atoms with E-state index < -0.39 is 28.5 Å². The van der Waals surface area contributed by atoms with Crippen LogP contribution in [0.25, 0.3) is 0 Å². The second-order valence-corrected chi connectivity index (χ2v) is 9.89. The molecule has 0 unspecified atom stereocenters. The molecule has 0 aromatic heterocycles. The molecule has 0 heterocycles. The fourth-order valence-electron chi connectivity index (χ4n) is 3.48. The standard InChI is InChI=1S/C23H30ClN3O5S/c1-6-20(23(29)25-3)26(14-17-10-8-7-9-16(17)2)22(28)15-27(33(5,30)31)18-11-12-21(32-4)19(24)13-18/h7-13,20H,6,14-15H2,1-5H3,(H,25,29)/t20-/m0/s1. The Morgan fingerprint density at radius 3 is 2.36 bits per heavy atom. The highest BCUT2D eigenvalue weighted by molar-refractivity contribution is 7.92. The first kappa shape index (κ1) is 26.5. The van der Waals surface area contributed by atoms with Gasteiger partial charge >= 0.3 is 0 Å². The fraction of sp³-hybridized carbons (Fsp3) is 0.391. The van der Waals surface area contributed by atoms with E-state index in [0.717, 1.165) is 21.7 Å². The van der Waals surface area contributed by atoms with E-state index in [-0.39, 0.29) is 23.2 Å². The molecule has 1 N–H and O–H groups in total. The summed E-state index contributed by atoms with van der Waals surface area (Å²) in [5.74, 6) is -0.448. The quantitative estimate of drug-likeness (QED) is 0.546. The summed E-state index contributed by atoms with van der Waals surface area (Å²) in [6.45, 7) is 3.40. The van der Waals surface area contributed by atoms with Crippen LogP contribution in [0.2, 0.25) is 5.02 Å². The SMILES string of the molecule is CC[C@@H](C(=O)NC)N(Cc1ccccc1C)C(=O)CN(c1ccc(OC)c(Cl)c1)S(C)(=O)=O. The predicted octanol–water partition coefficient (Wildman–Crippen LogP) is 2.98. The Labute approximate surface area is 200 Å². The molecule has 0 aliphatic rings. The van der Waals surface area contributed by atoms with Gasteiger partial charge < -0.3 is 15.0 Å². The van der Waals surface area contributed by atoms with Crippen LogP contribution >= 0.6 is 11.6 Å². The highest BCUT2D eigenvalue weighted by atomic mass is 35.5. The lowest BCUT2D eigenvalue weighted by Gasteiger charge is -2.33. The summed E-state index contributed by atoms with van der Waals surface area (Å²) in [5, 5.41) is 2.80. The molecule has 0 spiro atoms. The molecule has 0 saturated heterocycles. The van der Waals surface area contributed by atoms with Crippen LogP contribution in [0, 0.1) is 6.92 Å². The molecule has 0 fully saturated rings. The second-order valence-electron chi connectivity index (χ2n) is 7.57. The van der Waals surface area contributed by atoms with Gasteiger partial charge in [0.05, 0.1) is 24.1 Å². The van der Waals surface area contributed by atoms with Crippen molar-refractivity contribution in [2.24, 2.45) is 0 Å². The number of aryl methyl sites for hydroxylation is 1. The topological polar surface area (TPSA) is 96.0 Å². The molecule has 0 bridgehead atoms. The molecular formula is C23H30ClN3O5S. The smallest absolute Gasteiger partial charge is 0.244 e. The predicted molar refractivity (Wildman–Crippen MR) is 130 cm³/mol. The van der Waals surface area contributed by atoms with Crippen molar-refractivity contribution in [3.8, 4) is 5.75 Å². The van der Waals surface area contributed by atoms with Crippen LogP contribution in [0.15, 0.2) is 42.5 Å². The average Bonchev–Trinajstić information content (AvgIpc) is 2.77. The molecule has 0 aliphatic heterocycles. The first-order chi connectivity index (χ1) is 15.5. The van der Waals surface area contributed by atoms with Crippen LogP contribution < -0.4 is 14.4 Å². The number of anilines is 1. The van der Waals surface area contributed by atoms with Crippen molar-refractivity contribution in [1.29, 1.82) is 0 Å². The van der Waals surface area contributed by atoms with E-state index in [9.17, 15) is 18.0 Å². The maximum Gasteiger partial charge on any atom is 0.244 e. The number of likely N-dealkylation sites (N-methyl/N-ethyl adjacent to an activating group) is 1. The van der Waals surface area contributed by atoms with E-state index in [1.165, 1.54) is 37.3 Å². The van der Waals surface area contributed by atoms with Crippen LogP contribution in [0.4, 0.5) is 5.69 Å². The molecule has 0 saturated carbocycles. The summed E-state index contributed by atoms with van der Waals surface area (Å²) in [5.41, 5.74) is 2.05. The Morgan fingerprint density at radius 1 is 1.18 bits per heavy atom. The molecule has 8 nitrogen and oxygen atoms in total. The third-order valence-electron chi connectivity index (χ3n) is 5.34. The van der Waals surface area contributed by atoms with Crippen LogP contribution in [-0.4, -0.2) is 58.1 Å². The minimum Gasteiger partial charge on any atom is -0.495 e. The number of methoxy groups -OCH3 is 1. The number of carbonyl (C=O) groups excluding carboxylic acids is 2. The Morgan fingerprint density at radius 2 is 1.85 bits per heavy atom. The lowest BCUT2D eigenvalue weighted by atomic mass is 10.1. The summed E-state index contributed by atoms with van der Waals surface area (Å²) < 4.78 is 31.3. The zero-order valence-electron chi connectivity index (χ0n) is 19.5. The second kappa shape index (κ2) is 11.4. The molecule has 1 atom stereocenters. The van der Waals surface area contributed by atoms with Gasteiger partial charge in [-0.05, 0) is 42.7 Å². The first-order valence-electron chi connectivity index (χ1n) is 10.4. The van der Waals surface area contributed by atoms with Gasteiger partial charge in [0.1, 0.15) is 18.3 Å². The summed E-state index contributed by atoms with van der Waals surface area (Å²) >= 11 is 6.19. The van der Waals surface area contributed by atoms with Gasteiger partial charge in [0.15, 0.2) is 0 Å². The van der Waals surface area contributed by atoms with Gasteiger partial charge in [0.25, 0.3) is 0 Å². The molecule has 10 heteroatoms. The molecule has 0 aliphatic carbocycles. The van der Waals surface area contributed by atoms with Crippen molar-refractivity contribution in [3.05, 3.63) is 58.6 Å². The lowest BCUT2D eigenvalue weighted by Crippen LogP contribution is -2.51. The number of sulfonamides is 1. The van der Waals surface area contributed by atoms with Gasteiger partial charge in [-0.15, -0.1) is 0 Å². The zero-order chi connectivity index (χ0) is 24.8. The van der Waals surface area contributed by atoms with E-state index in [4.69, 9.17) is 16.3 Å². The highest BCUT2D eigenvalue weighted by Crippen LogP contribution is 2.30. The van der Waals surface area contributed by atoms with E-state index >= 15 is 0 Å². The van der Waals surface area contributed by atoms with Crippen LogP contribution in [0.5, 0.6) is 5.75 Å². The number of hydrogen-bond acceptors (Lipinski definition) is 5. The highest BCUT2D eigenvalue weighted by Gasteiger charge is 2.31. The van der Waals surface area contributed by atoms with Gasteiger partial charge in [-0.1, -0.05) is 42.8 Å². The van der Waals surface area contributed by atoms with Gasteiger partial charge in [0.2, 0.25) is 21.8 Å². The molecule has 2 amide bonds. The minimum atomic E-state index is -3.84. The fourth-order valence-corrected chi connectivity index (χ4v) is 4.57. The number of hydrogen-bond donors (Lipinski definition) is 1. The molecule has 33 heavy (non-hydrogen) atoms. The van der Waals surface area contributed by atoms with Crippen molar-refractivity contribution >= 4 is 39.1 Å². The van der Waals surface area contributed by atoms with E-state index in [0.29, 0.717) is 12.2 Å². The summed E-state index contributed by atoms with van der Waals surface area (Å²) in [7, 11) is -0.883. The molecule has 0 radical (unpaired) electrons. The Bertz CT molecular complexity index is 1110. The number of rotatable bonds is 10. The van der Waals surface area contributed by atoms with E-state index in [1.807, 2.05) is 31.2 Å². The minimum absolute atomic E-state index is 0.165. The van der Waals surface area contributed by atoms with Crippen LogP contribution in [0.3, 0.4) is 0 Å². The van der Waals surface area contributed by atoms with Gasteiger partial charge in [-0.25, -0.2) is 8.42 Å². The molecule has 2 aromatic rings. The largest absolute Gasteiger partial charge is 0.495 e. The maximum absolute atomic E-state index is 13.5. The Balaban J connectivity index is 2.46. The van der Waals surface area contributed by atoms with Crippen molar-refractivity contribution < 1.29 is 22.7 Å². The van der Waals surface area contributed by atoms with Crippen molar-refractivity contribution in [1.82, 2.24) is 10.2 Å². The summed E-state index contributed by atoms with van der Waals surface area (Å²) in [6.07, 6.45) is 1.38. The first-order valence-corrected chi connectivity index (χ1v) is 12.6. The number of amides is 2. The lowest BCUT2D eigenvalue weighted by molar-refractivity contribution is -0.140. The summed E-state index contributed by atoms with van der Waals surface area (Å²) in [6, 6.07) is 11.3. The van der Waals surface area contributed by atoms with Crippen LogP contribution in [-0.2, 0) is 26.2 Å². The van der Waals surface area contributed by atoms with Crippen LogP contribution in [0.1, 0.15) is 24.5 Å². The number of nitrogens with one attached hydrogen (secondary N) is 1. The zero-order valence-corrected chi connectivity index (χ0v) is 21.0. The Kier molecular flexibility index (Phi) is 9.13. The number of carbonyl (C=O) groups is 2. The van der Waals surface area contributed by atoms with E-state index in [1.54, 1.807) is 6.92 Å². The van der Waals surface area contributed by atoms with Crippen molar-refractivity contribution in [2.45, 2.75) is 32.9 Å². The third kappa shape index (κ3) is 6.61. The average molecular weight is 496 g/mol.